The Morgan fingerprint density at radius 3 is 2.93 bits per heavy atom. The third-order valence-electron chi connectivity index (χ3n) is 3.48. The van der Waals surface area contributed by atoms with Crippen LogP contribution in [-0.4, -0.2) is 46.4 Å². The van der Waals surface area contributed by atoms with Crippen LogP contribution in [0.25, 0.3) is 0 Å². The Bertz CT molecular complexity index is 208. The summed E-state index contributed by atoms with van der Waals surface area (Å²) in [5, 5.41) is 0. The standard InChI is InChI=1S/C10H17BO3/c1-12-6-10-5-3-4-7(8(10)13-2)9(11)14-10/h7-9H,3-6H2,1-2H3/t7-,8?,9+,10+/m0/s1. The topological polar surface area (TPSA) is 27.7 Å². The second-order valence-electron chi connectivity index (χ2n) is 4.29. The highest BCUT2D eigenvalue weighted by Crippen LogP contribution is 2.46. The van der Waals surface area contributed by atoms with E-state index >= 15 is 0 Å². The lowest BCUT2D eigenvalue weighted by molar-refractivity contribution is -0.128. The van der Waals surface area contributed by atoms with Gasteiger partial charge in [0.25, 0.3) is 0 Å². The molecular weight excluding hydrogens is 179 g/mol. The minimum Gasteiger partial charge on any atom is -0.382 e. The van der Waals surface area contributed by atoms with Crippen molar-refractivity contribution in [3.63, 3.8) is 0 Å². The molecule has 78 valence electrons. The summed E-state index contributed by atoms with van der Waals surface area (Å²) in [6.07, 6.45) is 3.35. The van der Waals surface area contributed by atoms with Crippen molar-refractivity contribution in [2.24, 2.45) is 5.92 Å². The van der Waals surface area contributed by atoms with Gasteiger partial charge >= 0.3 is 0 Å². The Balaban J connectivity index is 2.20. The molecule has 4 atom stereocenters. The van der Waals surface area contributed by atoms with Gasteiger partial charge in [-0.1, -0.05) is 0 Å². The third-order valence-corrected chi connectivity index (χ3v) is 3.48. The SMILES string of the molecule is [B][C@@H]1O[C@@]2(COC)CCC[C@H]1C2OC. The maximum absolute atomic E-state index is 5.94. The van der Waals surface area contributed by atoms with Crippen molar-refractivity contribution in [1.29, 1.82) is 0 Å². The summed E-state index contributed by atoms with van der Waals surface area (Å²) < 4.78 is 16.6. The van der Waals surface area contributed by atoms with Crippen LogP contribution in [0, 0.1) is 5.92 Å². The van der Waals surface area contributed by atoms with E-state index in [4.69, 9.17) is 22.1 Å². The van der Waals surface area contributed by atoms with E-state index in [0.29, 0.717) is 12.5 Å². The molecule has 0 spiro atoms. The molecule has 0 amide bonds. The number of ether oxygens (including phenoxy) is 3. The highest BCUT2D eigenvalue weighted by atomic mass is 16.6. The summed E-state index contributed by atoms with van der Waals surface area (Å²) >= 11 is 0. The van der Waals surface area contributed by atoms with Crippen LogP contribution >= 0.6 is 0 Å². The Morgan fingerprint density at radius 1 is 1.50 bits per heavy atom. The Kier molecular flexibility index (Phi) is 2.87. The van der Waals surface area contributed by atoms with Gasteiger partial charge < -0.3 is 14.2 Å². The average Bonchev–Trinajstić information content (AvgIpc) is 2.30. The predicted octanol–water partition coefficient (Wildman–Crippen LogP) is 0.711. The maximum Gasteiger partial charge on any atom is 0.117 e. The molecule has 0 aromatic rings. The molecule has 2 rings (SSSR count). The zero-order chi connectivity index (χ0) is 10.2. The Labute approximate surface area is 86.5 Å². The molecule has 0 aromatic carbocycles. The molecule has 2 aliphatic rings. The van der Waals surface area contributed by atoms with Gasteiger partial charge in [0.15, 0.2) is 0 Å². The van der Waals surface area contributed by atoms with Gasteiger partial charge in [-0.05, 0) is 19.3 Å². The fourth-order valence-corrected chi connectivity index (χ4v) is 2.96. The van der Waals surface area contributed by atoms with Crippen LogP contribution in [0.5, 0.6) is 0 Å². The van der Waals surface area contributed by atoms with Crippen LogP contribution in [-0.2, 0) is 14.2 Å². The molecule has 1 unspecified atom stereocenters. The first-order valence-electron chi connectivity index (χ1n) is 5.18. The summed E-state index contributed by atoms with van der Waals surface area (Å²) in [5.41, 5.74) is -0.286. The van der Waals surface area contributed by atoms with Crippen molar-refractivity contribution in [3.05, 3.63) is 0 Å². The van der Waals surface area contributed by atoms with Gasteiger partial charge in [0, 0.05) is 26.1 Å². The van der Waals surface area contributed by atoms with Crippen LogP contribution in [0.1, 0.15) is 19.3 Å². The van der Waals surface area contributed by atoms with Crippen LogP contribution in [0.2, 0.25) is 0 Å². The molecule has 1 saturated heterocycles. The van der Waals surface area contributed by atoms with Crippen LogP contribution in [0.3, 0.4) is 0 Å². The molecule has 0 N–H and O–H groups in total. The molecule has 2 fully saturated rings. The van der Waals surface area contributed by atoms with Gasteiger partial charge in [0.1, 0.15) is 13.4 Å². The van der Waals surface area contributed by atoms with Gasteiger partial charge in [0.2, 0.25) is 0 Å². The van der Waals surface area contributed by atoms with E-state index < -0.39 is 0 Å². The fraction of sp³-hybridized carbons (Fsp3) is 1.00. The molecule has 4 heteroatoms. The van der Waals surface area contributed by atoms with Crippen molar-refractivity contribution < 1.29 is 14.2 Å². The van der Waals surface area contributed by atoms with E-state index in [1.165, 1.54) is 0 Å². The highest BCUT2D eigenvalue weighted by Gasteiger charge is 2.55. The third kappa shape index (κ3) is 1.40. The summed E-state index contributed by atoms with van der Waals surface area (Å²) in [6.45, 7) is 0.579. The molecule has 14 heavy (non-hydrogen) atoms. The van der Waals surface area contributed by atoms with Gasteiger partial charge in [0.05, 0.1) is 12.7 Å². The van der Waals surface area contributed by atoms with E-state index in [2.05, 4.69) is 0 Å². The van der Waals surface area contributed by atoms with E-state index in [1.54, 1.807) is 14.2 Å². The first kappa shape index (κ1) is 10.5. The van der Waals surface area contributed by atoms with Crippen LogP contribution < -0.4 is 0 Å². The molecule has 2 bridgehead atoms. The normalized spacial score (nSPS) is 46.9. The van der Waals surface area contributed by atoms with E-state index in [1.807, 2.05) is 0 Å². The molecule has 0 aromatic heterocycles. The average molecular weight is 196 g/mol. The smallest absolute Gasteiger partial charge is 0.117 e. The molecule has 3 nitrogen and oxygen atoms in total. The monoisotopic (exact) mass is 196 g/mol. The van der Waals surface area contributed by atoms with Crippen molar-refractivity contribution in [1.82, 2.24) is 0 Å². The molecular formula is C10H17BO3. The summed E-state index contributed by atoms with van der Waals surface area (Å²) in [6, 6.07) is -0.183. The Hall–Kier alpha value is -0.0551. The summed E-state index contributed by atoms with van der Waals surface area (Å²) in [5.74, 6) is 0.337. The van der Waals surface area contributed by atoms with Crippen molar-refractivity contribution in [2.45, 2.75) is 37.0 Å². The van der Waals surface area contributed by atoms with E-state index in [0.717, 1.165) is 19.3 Å². The molecule has 2 radical (unpaired) electrons. The largest absolute Gasteiger partial charge is 0.382 e. The lowest BCUT2D eigenvalue weighted by Crippen LogP contribution is -2.48. The minimum atomic E-state index is -0.286. The first-order valence-corrected chi connectivity index (χ1v) is 5.18. The van der Waals surface area contributed by atoms with Gasteiger partial charge in [-0.2, -0.15) is 0 Å². The molecule has 1 heterocycles. The van der Waals surface area contributed by atoms with Gasteiger partial charge in [-0.15, -0.1) is 0 Å². The van der Waals surface area contributed by atoms with E-state index in [-0.39, 0.29) is 17.7 Å². The zero-order valence-electron chi connectivity index (χ0n) is 8.86. The lowest BCUT2D eigenvalue weighted by atomic mass is 9.73. The van der Waals surface area contributed by atoms with Crippen molar-refractivity contribution in [3.8, 4) is 0 Å². The van der Waals surface area contributed by atoms with Gasteiger partial charge in [-0.3, -0.25) is 0 Å². The molecule has 1 aliphatic heterocycles. The predicted molar refractivity (Wildman–Crippen MR) is 53.4 cm³/mol. The van der Waals surface area contributed by atoms with Crippen molar-refractivity contribution in [2.75, 3.05) is 20.8 Å². The lowest BCUT2D eigenvalue weighted by Gasteiger charge is -2.37. The second-order valence-corrected chi connectivity index (χ2v) is 4.29. The minimum absolute atomic E-state index is 0.103. The zero-order valence-corrected chi connectivity index (χ0v) is 8.86. The quantitative estimate of drug-likeness (QED) is 0.622. The molecule has 1 saturated carbocycles. The summed E-state index contributed by atoms with van der Waals surface area (Å²) in [7, 11) is 9.37. The van der Waals surface area contributed by atoms with E-state index in [9.17, 15) is 0 Å². The molecule has 1 aliphatic carbocycles. The van der Waals surface area contributed by atoms with Crippen LogP contribution in [0.15, 0.2) is 0 Å². The van der Waals surface area contributed by atoms with Crippen LogP contribution in [0.4, 0.5) is 0 Å². The second kappa shape index (κ2) is 3.84. The number of fused-ring (bicyclic) bond motifs is 2. The maximum atomic E-state index is 5.94. The first-order chi connectivity index (χ1) is 6.73. The fourth-order valence-electron chi connectivity index (χ4n) is 2.96. The number of hydrogen-bond donors (Lipinski definition) is 0. The number of methoxy groups -OCH3 is 2. The highest BCUT2D eigenvalue weighted by molar-refractivity contribution is 6.11. The van der Waals surface area contributed by atoms with Crippen molar-refractivity contribution >= 4 is 7.85 Å². The number of rotatable bonds is 3. The summed E-state index contributed by atoms with van der Waals surface area (Å²) in [4.78, 5) is 0. The number of hydrogen-bond acceptors (Lipinski definition) is 3. The Morgan fingerprint density at radius 2 is 2.29 bits per heavy atom. The van der Waals surface area contributed by atoms with Gasteiger partial charge in [-0.25, -0.2) is 0 Å².